The lowest BCUT2D eigenvalue weighted by Gasteiger charge is -2.11. The number of aryl methyl sites for hydroxylation is 2. The standard InChI is InChI=1S/C19H27N5.HI/c1-13(2)14-7-6-8-15(11-14)22-19(20)21-12-18-16-9-4-5-10-17(16)23-24(18)3;/h6-8,11,13H,4-5,9-10,12H2,1-3H3,(H3,20,21,22);1H. The molecule has 1 aliphatic carbocycles. The number of aromatic nitrogens is 2. The molecule has 0 radical (unpaired) electrons. The van der Waals surface area contributed by atoms with Crippen LogP contribution in [0.1, 0.15) is 55.1 Å². The quantitative estimate of drug-likeness (QED) is 0.418. The Hall–Kier alpha value is -1.57. The van der Waals surface area contributed by atoms with Crippen molar-refractivity contribution in [3.8, 4) is 0 Å². The second-order valence-corrected chi connectivity index (χ2v) is 6.81. The Labute approximate surface area is 167 Å². The molecule has 6 heteroatoms. The summed E-state index contributed by atoms with van der Waals surface area (Å²) in [4.78, 5) is 4.53. The summed E-state index contributed by atoms with van der Waals surface area (Å²) in [5, 5.41) is 7.83. The van der Waals surface area contributed by atoms with Gasteiger partial charge in [0.2, 0.25) is 0 Å². The van der Waals surface area contributed by atoms with Gasteiger partial charge in [0.1, 0.15) is 0 Å². The summed E-state index contributed by atoms with van der Waals surface area (Å²) < 4.78 is 1.96. The summed E-state index contributed by atoms with van der Waals surface area (Å²) >= 11 is 0. The van der Waals surface area contributed by atoms with E-state index in [9.17, 15) is 0 Å². The zero-order valence-corrected chi connectivity index (χ0v) is 17.6. The molecule has 0 bridgehead atoms. The van der Waals surface area contributed by atoms with E-state index in [-0.39, 0.29) is 24.0 Å². The Morgan fingerprint density at radius 1 is 1.32 bits per heavy atom. The Morgan fingerprint density at radius 3 is 2.84 bits per heavy atom. The highest BCUT2D eigenvalue weighted by atomic mass is 127. The first-order chi connectivity index (χ1) is 11.5. The van der Waals surface area contributed by atoms with Crippen LogP contribution in [-0.2, 0) is 26.4 Å². The van der Waals surface area contributed by atoms with E-state index >= 15 is 0 Å². The first kappa shape index (κ1) is 19.8. The summed E-state index contributed by atoms with van der Waals surface area (Å²) in [7, 11) is 2.00. The third kappa shape index (κ3) is 4.74. The Balaban J connectivity index is 0.00000225. The van der Waals surface area contributed by atoms with E-state index < -0.39 is 0 Å². The fourth-order valence-corrected chi connectivity index (χ4v) is 3.27. The van der Waals surface area contributed by atoms with Crippen LogP contribution in [-0.4, -0.2) is 15.7 Å². The van der Waals surface area contributed by atoms with Crippen LogP contribution >= 0.6 is 24.0 Å². The van der Waals surface area contributed by atoms with Crippen LogP contribution in [0.2, 0.25) is 0 Å². The van der Waals surface area contributed by atoms with E-state index in [1.807, 2.05) is 23.9 Å². The zero-order chi connectivity index (χ0) is 17.1. The highest BCUT2D eigenvalue weighted by Crippen LogP contribution is 2.24. The van der Waals surface area contributed by atoms with Crippen molar-refractivity contribution in [2.75, 3.05) is 5.32 Å². The lowest BCUT2D eigenvalue weighted by molar-refractivity contribution is 0.663. The van der Waals surface area contributed by atoms with E-state index in [2.05, 4.69) is 41.4 Å². The van der Waals surface area contributed by atoms with Crippen molar-refractivity contribution in [3.05, 3.63) is 46.8 Å². The summed E-state index contributed by atoms with van der Waals surface area (Å²) in [5.74, 6) is 0.938. The number of nitrogens with one attached hydrogen (secondary N) is 1. The first-order valence-corrected chi connectivity index (χ1v) is 8.75. The van der Waals surface area contributed by atoms with Crippen LogP contribution in [0.4, 0.5) is 5.69 Å². The number of anilines is 1. The molecule has 0 aliphatic heterocycles. The molecule has 0 saturated carbocycles. The molecule has 2 aromatic rings. The highest BCUT2D eigenvalue weighted by molar-refractivity contribution is 14.0. The fraction of sp³-hybridized carbons (Fsp3) is 0.474. The number of hydrogen-bond acceptors (Lipinski definition) is 2. The van der Waals surface area contributed by atoms with E-state index in [1.54, 1.807) is 0 Å². The van der Waals surface area contributed by atoms with Crippen molar-refractivity contribution in [1.29, 1.82) is 0 Å². The van der Waals surface area contributed by atoms with Gasteiger partial charge < -0.3 is 11.1 Å². The Bertz CT molecular complexity index is 748. The molecule has 3 rings (SSSR count). The minimum absolute atomic E-state index is 0. The summed E-state index contributed by atoms with van der Waals surface area (Å²) in [5.41, 5.74) is 12.2. The molecule has 25 heavy (non-hydrogen) atoms. The lowest BCUT2D eigenvalue weighted by atomic mass is 9.96. The third-order valence-electron chi connectivity index (χ3n) is 4.67. The molecule has 3 N–H and O–H groups in total. The van der Waals surface area contributed by atoms with Crippen molar-refractivity contribution >= 4 is 35.6 Å². The van der Waals surface area contributed by atoms with Crippen LogP contribution in [0.25, 0.3) is 0 Å². The smallest absolute Gasteiger partial charge is 0.193 e. The maximum atomic E-state index is 6.08. The van der Waals surface area contributed by atoms with Crippen LogP contribution in [0.5, 0.6) is 0 Å². The van der Waals surface area contributed by atoms with Crippen molar-refractivity contribution in [2.45, 2.75) is 52.0 Å². The number of aliphatic imine (C=N–C) groups is 1. The van der Waals surface area contributed by atoms with Crippen molar-refractivity contribution in [2.24, 2.45) is 17.8 Å². The van der Waals surface area contributed by atoms with E-state index in [0.29, 0.717) is 18.4 Å². The van der Waals surface area contributed by atoms with Gasteiger partial charge in [0, 0.05) is 12.7 Å². The van der Waals surface area contributed by atoms with Crippen molar-refractivity contribution in [1.82, 2.24) is 9.78 Å². The number of benzene rings is 1. The van der Waals surface area contributed by atoms with Crippen LogP contribution < -0.4 is 11.1 Å². The minimum atomic E-state index is 0. The molecule has 0 unspecified atom stereocenters. The zero-order valence-electron chi connectivity index (χ0n) is 15.2. The van der Waals surface area contributed by atoms with Gasteiger partial charge in [-0.1, -0.05) is 26.0 Å². The normalized spacial score (nSPS) is 14.2. The number of rotatable bonds is 4. The number of hydrogen-bond donors (Lipinski definition) is 2. The van der Waals surface area contributed by atoms with Crippen LogP contribution in [0.15, 0.2) is 29.3 Å². The second kappa shape index (κ2) is 8.69. The van der Waals surface area contributed by atoms with Gasteiger partial charge in [-0.2, -0.15) is 5.10 Å². The van der Waals surface area contributed by atoms with Gasteiger partial charge in [0.15, 0.2) is 5.96 Å². The molecule has 0 saturated heterocycles. The largest absolute Gasteiger partial charge is 0.370 e. The van der Waals surface area contributed by atoms with E-state index in [4.69, 9.17) is 5.73 Å². The monoisotopic (exact) mass is 453 g/mol. The molecule has 1 aromatic heterocycles. The van der Waals surface area contributed by atoms with Gasteiger partial charge in [-0.05, 0) is 54.9 Å². The predicted molar refractivity (Wildman–Crippen MR) is 115 cm³/mol. The third-order valence-corrected chi connectivity index (χ3v) is 4.67. The average Bonchev–Trinajstić information content (AvgIpc) is 2.88. The summed E-state index contributed by atoms with van der Waals surface area (Å²) in [6.07, 6.45) is 4.67. The number of guanidine groups is 1. The number of halogens is 1. The van der Waals surface area contributed by atoms with E-state index in [1.165, 1.54) is 35.4 Å². The highest BCUT2D eigenvalue weighted by Gasteiger charge is 2.18. The van der Waals surface area contributed by atoms with Gasteiger partial charge in [-0.15, -0.1) is 24.0 Å². The Kier molecular flexibility index (Phi) is 6.87. The Morgan fingerprint density at radius 2 is 2.08 bits per heavy atom. The lowest BCUT2D eigenvalue weighted by Crippen LogP contribution is -2.23. The molecular formula is C19H28IN5. The van der Waals surface area contributed by atoms with Gasteiger partial charge in [0.25, 0.3) is 0 Å². The SMILES string of the molecule is CC(C)c1cccc(NC(N)=NCc2c3c(nn2C)CCCC3)c1.I. The molecule has 0 atom stereocenters. The van der Waals surface area contributed by atoms with Crippen molar-refractivity contribution < 1.29 is 0 Å². The number of nitrogens with zero attached hydrogens (tertiary/aromatic N) is 3. The molecule has 0 spiro atoms. The van der Waals surface area contributed by atoms with Crippen molar-refractivity contribution in [3.63, 3.8) is 0 Å². The molecule has 0 fully saturated rings. The van der Waals surface area contributed by atoms with Crippen LogP contribution in [0, 0.1) is 0 Å². The average molecular weight is 453 g/mol. The van der Waals surface area contributed by atoms with Gasteiger partial charge in [-0.3, -0.25) is 4.68 Å². The minimum Gasteiger partial charge on any atom is -0.370 e. The molecule has 1 heterocycles. The predicted octanol–water partition coefficient (Wildman–Crippen LogP) is 3.97. The first-order valence-electron chi connectivity index (χ1n) is 8.75. The second-order valence-electron chi connectivity index (χ2n) is 6.81. The fourth-order valence-electron chi connectivity index (χ4n) is 3.27. The van der Waals surface area contributed by atoms with Gasteiger partial charge in [0.05, 0.1) is 17.9 Å². The summed E-state index contributed by atoms with van der Waals surface area (Å²) in [6.45, 7) is 4.94. The molecule has 136 valence electrons. The van der Waals surface area contributed by atoms with Gasteiger partial charge >= 0.3 is 0 Å². The maximum absolute atomic E-state index is 6.08. The molecule has 1 aromatic carbocycles. The molecule has 0 amide bonds. The summed E-state index contributed by atoms with van der Waals surface area (Å²) in [6, 6.07) is 8.31. The topological polar surface area (TPSA) is 68.2 Å². The molecular weight excluding hydrogens is 425 g/mol. The van der Waals surface area contributed by atoms with Gasteiger partial charge in [-0.25, -0.2) is 4.99 Å². The number of fused-ring (bicyclic) bond motifs is 1. The molecule has 5 nitrogen and oxygen atoms in total. The van der Waals surface area contributed by atoms with E-state index in [0.717, 1.165) is 18.5 Å². The number of nitrogens with two attached hydrogens (primary N) is 1. The maximum Gasteiger partial charge on any atom is 0.193 e. The van der Waals surface area contributed by atoms with Crippen LogP contribution in [0.3, 0.4) is 0 Å². The molecule has 1 aliphatic rings.